The molecule has 2 fully saturated rings. The van der Waals surface area contributed by atoms with Gasteiger partial charge in [0.1, 0.15) is 36.6 Å². The number of pyridine rings is 2. The van der Waals surface area contributed by atoms with Gasteiger partial charge in [-0.15, -0.1) is 0 Å². The minimum Gasteiger partial charge on any atom is -0.388 e. The van der Waals surface area contributed by atoms with E-state index in [9.17, 15) is 5.11 Å². The quantitative estimate of drug-likeness (QED) is 0.0248. The molecule has 18 rings (SSSR count). The zero-order valence-corrected chi connectivity index (χ0v) is 66.6. The van der Waals surface area contributed by atoms with Crippen LogP contribution in [0.3, 0.4) is 0 Å². The van der Waals surface area contributed by atoms with E-state index in [4.69, 9.17) is 28.9 Å². The van der Waals surface area contributed by atoms with Crippen LogP contribution < -0.4 is 21.3 Å². The first-order chi connectivity index (χ1) is 59.3. The van der Waals surface area contributed by atoms with Crippen molar-refractivity contribution in [2.24, 2.45) is 0 Å². The van der Waals surface area contributed by atoms with Crippen molar-refractivity contribution in [1.29, 1.82) is 0 Å². The Morgan fingerprint density at radius 3 is 0.867 bits per heavy atom. The van der Waals surface area contributed by atoms with Crippen molar-refractivity contribution in [2.45, 2.75) is 103 Å². The highest BCUT2D eigenvalue weighted by Gasteiger charge is 2.57. The van der Waals surface area contributed by atoms with Gasteiger partial charge in [-0.25, -0.2) is 0 Å². The van der Waals surface area contributed by atoms with Gasteiger partial charge in [0.15, 0.2) is 6.29 Å². The third kappa shape index (κ3) is 15.7. The highest BCUT2D eigenvalue weighted by atomic mass is 16.7. The Labute approximate surface area is 702 Å². The molecule has 1 saturated carbocycles. The molecule has 12 heteroatoms. The standard InChI is InChI=1S/C108H96N6O6/c115-99-97(74-109-105(79-43-13-1-14-44-79,80-45-15-2-16-46-80)81-47-17-3-18-48-81)119-104(98(103(99)118-76-92-72-70-78-42-38-40-68-94(78)111-92)114-108(88-61-31-10-32-62-88,89-63-33-11-34-64-89)90-65-35-12-36-66-90)120-102-96(113-107(85-55-25-7-26-56-85,86-57-27-8-28-58-86)87-59-29-9-30-60-87)73-95(101(100(102)116)117-75-91-71-69-77-41-37-39-67-93(77)110-91)112-106(82-49-19-4-20-50-82,83-51-21-5-22-52-83)84-53-23-6-24-54-84/h1-72,95-104,109,112-116H,73-76H2/t95-,96+,97-,98-,99-,100-,101+,102-,103-,104-/m1/s1. The maximum atomic E-state index is 15.2. The number of benzene rings is 14. The van der Waals surface area contributed by atoms with Crippen LogP contribution in [0, 0.1) is 0 Å². The predicted molar refractivity (Wildman–Crippen MR) is 476 cm³/mol. The third-order valence-electron chi connectivity index (χ3n) is 24.3. The van der Waals surface area contributed by atoms with Gasteiger partial charge in [-0.3, -0.25) is 31.2 Å². The summed E-state index contributed by atoms with van der Waals surface area (Å²) in [5.41, 5.74) is 9.78. The van der Waals surface area contributed by atoms with Crippen LogP contribution in [0.5, 0.6) is 0 Å². The summed E-state index contributed by atoms with van der Waals surface area (Å²) in [5.74, 6) is 0. The molecule has 0 amide bonds. The summed E-state index contributed by atoms with van der Waals surface area (Å²) in [6.45, 7) is 0.0124. The fourth-order valence-electron chi connectivity index (χ4n) is 18.7. The molecule has 0 spiro atoms. The second-order valence-corrected chi connectivity index (χ2v) is 31.3. The van der Waals surface area contributed by atoms with Crippen molar-refractivity contribution in [2.75, 3.05) is 6.54 Å². The van der Waals surface area contributed by atoms with Gasteiger partial charge in [0, 0.05) is 29.4 Å². The second-order valence-electron chi connectivity index (χ2n) is 31.3. The number of nitrogens with zero attached hydrogens (tertiary/aromatic N) is 2. The molecule has 6 N–H and O–H groups in total. The van der Waals surface area contributed by atoms with E-state index in [1.165, 1.54) is 0 Å². The maximum Gasteiger partial charge on any atom is 0.176 e. The summed E-state index contributed by atoms with van der Waals surface area (Å²) in [7, 11) is 0. The van der Waals surface area contributed by atoms with Crippen LogP contribution in [-0.4, -0.2) is 87.8 Å². The molecule has 0 unspecified atom stereocenters. The first kappa shape index (κ1) is 78.7. The number of rotatable bonds is 29. The van der Waals surface area contributed by atoms with Gasteiger partial charge >= 0.3 is 0 Å². The molecule has 2 aliphatic rings. The minimum atomic E-state index is -1.52. The lowest BCUT2D eigenvalue weighted by atomic mass is 9.72. The van der Waals surface area contributed by atoms with E-state index in [1.54, 1.807) is 0 Å². The van der Waals surface area contributed by atoms with Crippen molar-refractivity contribution in [3.63, 3.8) is 0 Å². The molecule has 1 aliphatic heterocycles. The van der Waals surface area contributed by atoms with Gasteiger partial charge in [0.2, 0.25) is 0 Å². The first-order valence-electron chi connectivity index (χ1n) is 41.6. The number of para-hydroxylation sites is 2. The monoisotopic (exact) mass is 1570 g/mol. The van der Waals surface area contributed by atoms with Gasteiger partial charge in [-0.05, 0) is 97.4 Å². The fourth-order valence-corrected chi connectivity index (χ4v) is 18.7. The Hall–Kier alpha value is -12.5. The summed E-state index contributed by atoms with van der Waals surface area (Å²) in [4.78, 5) is 10.5. The number of hydrogen-bond acceptors (Lipinski definition) is 12. The summed E-state index contributed by atoms with van der Waals surface area (Å²) in [5, 5.41) is 49.1. The average Bonchev–Trinajstić information content (AvgIpc) is 0.748. The van der Waals surface area contributed by atoms with E-state index in [0.717, 1.165) is 88.6 Å². The molecule has 10 atom stereocenters. The van der Waals surface area contributed by atoms with E-state index < -0.39 is 83.2 Å². The lowest BCUT2D eigenvalue weighted by Gasteiger charge is -2.54. The predicted octanol–water partition coefficient (Wildman–Crippen LogP) is 18.9. The number of fused-ring (bicyclic) bond motifs is 2. The smallest absolute Gasteiger partial charge is 0.176 e. The normalized spacial score (nSPS) is 19.7. The second kappa shape index (κ2) is 36.0. The average molecular weight is 1570 g/mol. The van der Waals surface area contributed by atoms with E-state index in [0.29, 0.717) is 11.4 Å². The Morgan fingerprint density at radius 2 is 0.550 bits per heavy atom. The molecule has 12 nitrogen and oxygen atoms in total. The molecule has 16 aromatic rings. The summed E-state index contributed by atoms with van der Waals surface area (Å²) in [6.07, 6.45) is -8.75. The Morgan fingerprint density at radius 1 is 0.283 bits per heavy atom. The number of aliphatic hydroxyl groups is 2. The van der Waals surface area contributed by atoms with E-state index in [2.05, 4.69) is 373 Å². The molecule has 2 aromatic heterocycles. The topological polar surface area (TPSA) is 151 Å². The molecule has 120 heavy (non-hydrogen) atoms. The van der Waals surface area contributed by atoms with Crippen molar-refractivity contribution in [1.82, 2.24) is 31.2 Å². The maximum absolute atomic E-state index is 15.2. The summed E-state index contributed by atoms with van der Waals surface area (Å²) in [6, 6.07) is 148. The molecule has 0 bridgehead atoms. The van der Waals surface area contributed by atoms with Gasteiger partial charge < -0.3 is 29.2 Å². The minimum absolute atomic E-state index is 0.00899. The Kier molecular flexibility index (Phi) is 23.6. The molecule has 0 radical (unpaired) electrons. The third-order valence-corrected chi connectivity index (χ3v) is 24.3. The van der Waals surface area contributed by atoms with Crippen LogP contribution >= 0.6 is 0 Å². The van der Waals surface area contributed by atoms with Gasteiger partial charge in [0.25, 0.3) is 0 Å². The zero-order chi connectivity index (χ0) is 81.0. The largest absolute Gasteiger partial charge is 0.388 e. The molecule has 1 saturated heterocycles. The van der Waals surface area contributed by atoms with Crippen LogP contribution in [0.2, 0.25) is 0 Å². The summed E-state index contributed by atoms with van der Waals surface area (Å²) >= 11 is 0. The van der Waals surface area contributed by atoms with Gasteiger partial charge in [0.05, 0.1) is 63.8 Å². The van der Waals surface area contributed by atoms with Crippen molar-refractivity contribution < 1.29 is 29.2 Å². The van der Waals surface area contributed by atoms with E-state index >= 15 is 5.11 Å². The number of aromatic nitrogens is 2. The lowest BCUT2D eigenvalue weighted by Crippen LogP contribution is -2.72. The molecule has 594 valence electrons. The van der Waals surface area contributed by atoms with Crippen LogP contribution in [0.1, 0.15) is 84.6 Å². The van der Waals surface area contributed by atoms with E-state index in [-0.39, 0.29) is 26.2 Å². The molecular formula is C108H96N6O6. The SMILES string of the molecule is O[C@@H]1[C@@H](OCc2ccc3ccccc3n2)[C@H](NC(c2ccccc2)(c2ccccc2)c2ccccc2)C[C@H](NC(c2ccccc2)(c2ccccc2)c2ccccc2)[C@H]1O[C@H]1O[C@H](CNC(c2ccccc2)(c2ccccc2)c2ccccc2)[C@@H](O)[C@H](OCc2ccc3ccccc3n2)[C@H]1NC(c1ccccc1)(c1ccccc1)c1ccccc1. The van der Waals surface area contributed by atoms with E-state index in [1.807, 2.05) is 84.9 Å². The van der Waals surface area contributed by atoms with Gasteiger partial charge in [-0.1, -0.05) is 413 Å². The zero-order valence-electron chi connectivity index (χ0n) is 66.6. The van der Waals surface area contributed by atoms with Crippen LogP contribution in [0.4, 0.5) is 0 Å². The van der Waals surface area contributed by atoms with Crippen LogP contribution in [0.25, 0.3) is 21.8 Å². The number of ether oxygens (including phenoxy) is 4. The molecule has 3 heterocycles. The van der Waals surface area contributed by atoms with Crippen molar-refractivity contribution in [3.05, 3.63) is 515 Å². The Bertz CT molecular complexity index is 5540. The van der Waals surface area contributed by atoms with Crippen molar-refractivity contribution >= 4 is 21.8 Å². The van der Waals surface area contributed by atoms with Crippen LogP contribution in [-0.2, 0) is 54.3 Å². The van der Waals surface area contributed by atoms with Crippen molar-refractivity contribution in [3.8, 4) is 0 Å². The highest BCUT2D eigenvalue weighted by Crippen LogP contribution is 2.47. The molecule has 14 aromatic carbocycles. The van der Waals surface area contributed by atoms with Crippen LogP contribution in [0.15, 0.2) is 437 Å². The number of nitrogens with one attached hydrogen (secondary N) is 4. The number of aliphatic hydroxyl groups excluding tert-OH is 2. The fraction of sp³-hybridized carbons (Fsp3) is 0.167. The Balaban J connectivity index is 0.876. The summed E-state index contributed by atoms with van der Waals surface area (Å²) < 4.78 is 32.0. The number of hydrogen-bond donors (Lipinski definition) is 6. The highest BCUT2D eigenvalue weighted by molar-refractivity contribution is 5.79. The lowest BCUT2D eigenvalue weighted by molar-refractivity contribution is -0.304. The molecular weight excluding hydrogens is 1480 g/mol. The van der Waals surface area contributed by atoms with Gasteiger partial charge in [-0.2, -0.15) is 0 Å². The molecule has 1 aliphatic carbocycles. The first-order valence-corrected chi connectivity index (χ1v) is 41.6.